The third-order valence-electron chi connectivity index (χ3n) is 6.11. The van der Waals surface area contributed by atoms with Crippen molar-refractivity contribution in [3.8, 4) is 0 Å². The first-order valence-corrected chi connectivity index (χ1v) is 12.4. The van der Waals surface area contributed by atoms with E-state index in [1.165, 1.54) is 11.8 Å². The second-order valence-electron chi connectivity index (χ2n) is 10.5. The molecular formula is C24H43N5O6. The molecule has 0 aromatic heterocycles. The molecule has 0 saturated carbocycles. The van der Waals surface area contributed by atoms with Crippen molar-refractivity contribution in [1.82, 2.24) is 20.9 Å². The molecule has 5 atom stereocenters. The fourth-order valence-electron chi connectivity index (χ4n) is 4.04. The van der Waals surface area contributed by atoms with Gasteiger partial charge in [0.25, 0.3) is 0 Å². The van der Waals surface area contributed by atoms with Gasteiger partial charge in [-0.15, -0.1) is 0 Å². The minimum atomic E-state index is -1.07. The highest BCUT2D eigenvalue weighted by Crippen LogP contribution is 2.20. The van der Waals surface area contributed by atoms with Gasteiger partial charge in [-0.1, -0.05) is 41.5 Å². The van der Waals surface area contributed by atoms with Crippen molar-refractivity contribution in [2.45, 2.75) is 97.9 Å². The van der Waals surface area contributed by atoms with Crippen LogP contribution >= 0.6 is 0 Å². The van der Waals surface area contributed by atoms with Crippen molar-refractivity contribution in [2.75, 3.05) is 6.54 Å². The molecule has 0 aromatic carbocycles. The molecule has 0 spiro atoms. The van der Waals surface area contributed by atoms with E-state index in [1.54, 1.807) is 27.7 Å². The number of hydrogen-bond acceptors (Lipinski definition) is 6. The van der Waals surface area contributed by atoms with Crippen molar-refractivity contribution in [2.24, 2.45) is 23.5 Å². The van der Waals surface area contributed by atoms with Crippen LogP contribution in [0.5, 0.6) is 0 Å². The van der Waals surface area contributed by atoms with Gasteiger partial charge >= 0.3 is 5.97 Å². The van der Waals surface area contributed by atoms with Gasteiger partial charge in [-0.25, -0.2) is 4.79 Å². The van der Waals surface area contributed by atoms with E-state index in [4.69, 9.17) is 5.73 Å². The number of carboxylic acids is 1. The van der Waals surface area contributed by atoms with Crippen LogP contribution < -0.4 is 21.7 Å². The highest BCUT2D eigenvalue weighted by atomic mass is 16.4. The van der Waals surface area contributed by atoms with Crippen LogP contribution in [0.3, 0.4) is 0 Å². The number of nitrogens with zero attached hydrogens (tertiary/aromatic N) is 1. The first kappa shape index (κ1) is 30.3. The summed E-state index contributed by atoms with van der Waals surface area (Å²) in [6, 6.07) is -4.47. The number of hydrogen-bond donors (Lipinski definition) is 5. The second kappa shape index (κ2) is 13.4. The Balaban J connectivity index is 2.88. The Labute approximate surface area is 207 Å². The summed E-state index contributed by atoms with van der Waals surface area (Å²) in [6.45, 7) is 12.7. The number of carbonyl (C=O) groups is 5. The number of aliphatic carboxylic acids is 1. The highest BCUT2D eigenvalue weighted by molar-refractivity contribution is 5.95. The van der Waals surface area contributed by atoms with Gasteiger partial charge < -0.3 is 31.7 Å². The SMILES string of the molecule is CC(C)C[C@H](N)C(=O)N[C@@H](C)C(=O)N[C@H](C(=O)N[C@H](C(=O)N1CCC[C@H]1C(=O)O)C(C)C)C(C)C. The predicted molar refractivity (Wildman–Crippen MR) is 131 cm³/mol. The first-order chi connectivity index (χ1) is 16.2. The molecule has 1 aliphatic heterocycles. The van der Waals surface area contributed by atoms with Gasteiger partial charge in [0.1, 0.15) is 24.2 Å². The third-order valence-corrected chi connectivity index (χ3v) is 6.11. The predicted octanol–water partition coefficient (Wildman–Crippen LogP) is 0.222. The fourth-order valence-corrected chi connectivity index (χ4v) is 4.04. The van der Waals surface area contributed by atoms with Crippen LogP contribution in [0.2, 0.25) is 0 Å². The van der Waals surface area contributed by atoms with Gasteiger partial charge in [-0.2, -0.15) is 0 Å². The van der Waals surface area contributed by atoms with Crippen LogP contribution in [0.15, 0.2) is 0 Å². The zero-order chi connectivity index (χ0) is 27.0. The van der Waals surface area contributed by atoms with E-state index >= 15 is 0 Å². The van der Waals surface area contributed by atoms with Crippen LogP contribution in [0.25, 0.3) is 0 Å². The molecule has 0 radical (unpaired) electrons. The molecule has 1 rings (SSSR count). The van der Waals surface area contributed by atoms with Crippen LogP contribution in [0.4, 0.5) is 0 Å². The molecule has 1 saturated heterocycles. The van der Waals surface area contributed by atoms with Crippen LogP contribution in [0, 0.1) is 17.8 Å². The van der Waals surface area contributed by atoms with Crippen molar-refractivity contribution in [1.29, 1.82) is 0 Å². The van der Waals surface area contributed by atoms with Gasteiger partial charge in [0.2, 0.25) is 23.6 Å². The summed E-state index contributed by atoms with van der Waals surface area (Å²) >= 11 is 0. The molecule has 0 aromatic rings. The number of nitrogens with two attached hydrogens (primary N) is 1. The van der Waals surface area contributed by atoms with Crippen molar-refractivity contribution in [3.05, 3.63) is 0 Å². The van der Waals surface area contributed by atoms with Crippen molar-refractivity contribution < 1.29 is 29.1 Å². The fraction of sp³-hybridized carbons (Fsp3) is 0.792. The summed E-state index contributed by atoms with van der Waals surface area (Å²) < 4.78 is 0. The lowest BCUT2D eigenvalue weighted by Crippen LogP contribution is -2.60. The van der Waals surface area contributed by atoms with Crippen molar-refractivity contribution >= 4 is 29.6 Å². The van der Waals surface area contributed by atoms with E-state index in [9.17, 15) is 29.1 Å². The summed E-state index contributed by atoms with van der Waals surface area (Å²) in [5.41, 5.74) is 5.88. The molecule has 1 heterocycles. The molecule has 11 nitrogen and oxygen atoms in total. The number of carbonyl (C=O) groups excluding carboxylic acids is 4. The Hall–Kier alpha value is -2.69. The number of rotatable bonds is 12. The molecule has 1 aliphatic rings. The van der Waals surface area contributed by atoms with E-state index < -0.39 is 59.8 Å². The largest absolute Gasteiger partial charge is 0.480 e. The Kier molecular flexibility index (Phi) is 11.6. The standard InChI is InChI=1S/C24H43N5O6/c1-12(2)11-16(25)21(31)26-15(7)20(30)27-18(13(3)4)22(32)28-19(14(5)6)23(33)29-10-8-9-17(29)24(34)35/h12-19H,8-11,25H2,1-7H3,(H,26,31)(H,27,30)(H,28,32)(H,34,35)/t15-,16-,17-,18-,19-/m0/s1. The second-order valence-corrected chi connectivity index (χ2v) is 10.5. The highest BCUT2D eigenvalue weighted by Gasteiger charge is 2.39. The van der Waals surface area contributed by atoms with Crippen molar-refractivity contribution in [3.63, 3.8) is 0 Å². The van der Waals surface area contributed by atoms with Crippen LogP contribution in [-0.4, -0.2) is 76.4 Å². The number of carboxylic acid groups (broad SMARTS) is 1. The minimum absolute atomic E-state index is 0.219. The molecule has 11 heteroatoms. The molecular weight excluding hydrogens is 454 g/mol. The van der Waals surface area contributed by atoms with Crippen LogP contribution in [-0.2, 0) is 24.0 Å². The van der Waals surface area contributed by atoms with Gasteiger partial charge in [-0.3, -0.25) is 19.2 Å². The number of likely N-dealkylation sites (tertiary alicyclic amines) is 1. The maximum Gasteiger partial charge on any atom is 0.326 e. The number of amides is 4. The van der Waals surface area contributed by atoms with E-state index in [-0.39, 0.29) is 17.8 Å². The van der Waals surface area contributed by atoms with Crippen LogP contribution in [0.1, 0.15) is 67.7 Å². The average molecular weight is 498 g/mol. The molecule has 35 heavy (non-hydrogen) atoms. The maximum absolute atomic E-state index is 13.1. The molecule has 200 valence electrons. The summed E-state index contributed by atoms with van der Waals surface area (Å²) in [5, 5.41) is 17.4. The van der Waals surface area contributed by atoms with E-state index in [2.05, 4.69) is 16.0 Å². The quantitative estimate of drug-likeness (QED) is 0.257. The molecule has 4 amide bonds. The zero-order valence-corrected chi connectivity index (χ0v) is 22.0. The summed E-state index contributed by atoms with van der Waals surface area (Å²) in [7, 11) is 0. The summed E-state index contributed by atoms with van der Waals surface area (Å²) in [6.07, 6.45) is 1.42. The summed E-state index contributed by atoms with van der Waals surface area (Å²) in [4.78, 5) is 64.1. The lowest BCUT2D eigenvalue weighted by atomic mass is 9.98. The molecule has 0 bridgehead atoms. The van der Waals surface area contributed by atoms with Gasteiger partial charge in [0.05, 0.1) is 6.04 Å². The molecule has 1 fully saturated rings. The monoisotopic (exact) mass is 497 g/mol. The summed E-state index contributed by atoms with van der Waals surface area (Å²) in [5.74, 6) is -3.47. The Morgan fingerprint density at radius 2 is 1.40 bits per heavy atom. The van der Waals surface area contributed by atoms with Gasteiger partial charge in [0.15, 0.2) is 0 Å². The molecule has 6 N–H and O–H groups in total. The zero-order valence-electron chi connectivity index (χ0n) is 22.0. The maximum atomic E-state index is 13.1. The Morgan fingerprint density at radius 1 is 0.857 bits per heavy atom. The van der Waals surface area contributed by atoms with E-state index in [1.807, 2.05) is 13.8 Å². The van der Waals surface area contributed by atoms with Gasteiger partial charge in [-0.05, 0) is 43.9 Å². The third kappa shape index (κ3) is 8.79. The Bertz CT molecular complexity index is 784. The number of nitrogens with one attached hydrogen (secondary N) is 3. The lowest BCUT2D eigenvalue weighted by molar-refractivity contribution is -0.150. The Morgan fingerprint density at radius 3 is 1.89 bits per heavy atom. The average Bonchev–Trinajstić information content (AvgIpc) is 3.24. The molecule has 0 aliphatic carbocycles. The normalized spacial score (nSPS) is 19.3. The van der Waals surface area contributed by atoms with Gasteiger partial charge in [0, 0.05) is 6.54 Å². The first-order valence-electron chi connectivity index (χ1n) is 12.4. The lowest BCUT2D eigenvalue weighted by Gasteiger charge is -2.31. The van der Waals surface area contributed by atoms with E-state index in [0.29, 0.717) is 25.8 Å². The topological polar surface area (TPSA) is 171 Å². The minimum Gasteiger partial charge on any atom is -0.480 e. The molecule has 0 unspecified atom stereocenters. The smallest absolute Gasteiger partial charge is 0.326 e. The van der Waals surface area contributed by atoms with E-state index in [0.717, 1.165) is 0 Å².